The van der Waals surface area contributed by atoms with Crippen LogP contribution in [0.2, 0.25) is 5.02 Å². The fourth-order valence-electron chi connectivity index (χ4n) is 2.78. The number of carbonyl (C=O) groups is 1. The van der Waals surface area contributed by atoms with Gasteiger partial charge in [0.2, 0.25) is 5.91 Å². The molecule has 0 saturated carbocycles. The monoisotopic (exact) mass is 368 g/mol. The van der Waals surface area contributed by atoms with Gasteiger partial charge in [-0.2, -0.15) is 5.10 Å². The Morgan fingerprint density at radius 3 is 2.85 bits per heavy atom. The van der Waals surface area contributed by atoms with E-state index < -0.39 is 5.63 Å². The van der Waals surface area contributed by atoms with Crippen LogP contribution < -0.4 is 10.9 Å². The second-order valence-corrected chi connectivity index (χ2v) is 6.30. The Bertz CT molecular complexity index is 1190. The number of hydrogen-bond donors (Lipinski definition) is 1. The number of fused-ring (bicyclic) bond motifs is 3. The van der Waals surface area contributed by atoms with Gasteiger partial charge in [0.15, 0.2) is 0 Å². The number of pyridine rings is 1. The van der Waals surface area contributed by atoms with Crippen molar-refractivity contribution in [2.45, 2.75) is 13.5 Å². The summed E-state index contributed by atoms with van der Waals surface area (Å²) in [5, 5.41) is 8.41. The molecule has 0 saturated heterocycles. The zero-order valence-electron chi connectivity index (χ0n) is 13.7. The van der Waals surface area contributed by atoms with Gasteiger partial charge >= 0.3 is 5.63 Å². The number of nitrogens with one attached hydrogen (secondary N) is 1. The minimum absolute atomic E-state index is 0.0691. The van der Waals surface area contributed by atoms with Crippen molar-refractivity contribution in [1.82, 2.24) is 14.8 Å². The summed E-state index contributed by atoms with van der Waals surface area (Å²) in [7, 11) is 0. The first-order valence-corrected chi connectivity index (χ1v) is 8.19. The predicted octanol–water partition coefficient (Wildman–Crippen LogP) is 3.14. The molecule has 8 heteroatoms. The highest BCUT2D eigenvalue weighted by Crippen LogP contribution is 2.23. The third kappa shape index (κ3) is 2.93. The van der Waals surface area contributed by atoms with Crippen LogP contribution in [0.15, 0.2) is 51.9 Å². The third-order valence-electron chi connectivity index (χ3n) is 3.94. The number of hydrogen-bond acceptors (Lipinski definition) is 5. The average Bonchev–Trinajstić information content (AvgIpc) is 3.02. The maximum Gasteiger partial charge on any atom is 0.347 e. The molecule has 0 radical (unpaired) electrons. The molecule has 1 amide bonds. The van der Waals surface area contributed by atoms with Crippen LogP contribution in [-0.2, 0) is 11.3 Å². The number of halogens is 1. The van der Waals surface area contributed by atoms with E-state index in [1.165, 1.54) is 17.1 Å². The van der Waals surface area contributed by atoms with Crippen molar-refractivity contribution in [3.05, 3.63) is 63.7 Å². The lowest BCUT2D eigenvalue weighted by Crippen LogP contribution is -2.20. The van der Waals surface area contributed by atoms with Gasteiger partial charge in [0.1, 0.15) is 23.3 Å². The van der Waals surface area contributed by atoms with Gasteiger partial charge < -0.3 is 9.73 Å². The summed E-state index contributed by atoms with van der Waals surface area (Å²) in [5.74, 6) is 0.0648. The highest BCUT2D eigenvalue weighted by Gasteiger charge is 2.15. The highest BCUT2D eigenvalue weighted by atomic mass is 35.5. The molecule has 0 unspecified atom stereocenters. The topological polar surface area (TPSA) is 90.0 Å². The number of anilines is 1. The SMILES string of the molecule is Cc1ccc2oc(=O)c3cnn(CC(=O)Nc4ccc(Cl)cn4)c3c2c1. The maximum absolute atomic E-state index is 12.3. The van der Waals surface area contributed by atoms with E-state index in [-0.39, 0.29) is 12.5 Å². The fraction of sp³-hybridized carbons (Fsp3) is 0.111. The molecule has 4 aromatic rings. The molecule has 0 spiro atoms. The number of amides is 1. The first-order chi connectivity index (χ1) is 12.5. The minimum Gasteiger partial charge on any atom is -0.422 e. The number of aromatic nitrogens is 3. The normalized spacial score (nSPS) is 11.2. The van der Waals surface area contributed by atoms with Gasteiger partial charge in [-0.25, -0.2) is 9.78 Å². The third-order valence-corrected chi connectivity index (χ3v) is 4.16. The summed E-state index contributed by atoms with van der Waals surface area (Å²) in [6.45, 7) is 1.87. The molecule has 7 nitrogen and oxygen atoms in total. The number of aryl methyl sites for hydroxylation is 1. The molecule has 0 aliphatic rings. The van der Waals surface area contributed by atoms with Crippen LogP contribution in [0.5, 0.6) is 0 Å². The molecule has 0 aliphatic carbocycles. The van der Waals surface area contributed by atoms with Crippen LogP contribution in [0, 0.1) is 6.92 Å². The van der Waals surface area contributed by atoms with E-state index in [9.17, 15) is 9.59 Å². The average molecular weight is 369 g/mol. The van der Waals surface area contributed by atoms with Crippen LogP contribution in [0.25, 0.3) is 21.9 Å². The largest absolute Gasteiger partial charge is 0.422 e. The van der Waals surface area contributed by atoms with Crippen LogP contribution >= 0.6 is 11.6 Å². The molecule has 0 aliphatic heterocycles. The van der Waals surface area contributed by atoms with Crippen molar-refractivity contribution in [2.75, 3.05) is 5.32 Å². The van der Waals surface area contributed by atoms with Crippen molar-refractivity contribution in [2.24, 2.45) is 0 Å². The minimum atomic E-state index is -0.484. The van der Waals surface area contributed by atoms with E-state index in [1.54, 1.807) is 18.2 Å². The Morgan fingerprint density at radius 1 is 1.23 bits per heavy atom. The molecule has 0 bridgehead atoms. The molecular formula is C18H13ClN4O3. The van der Waals surface area contributed by atoms with Crippen molar-refractivity contribution < 1.29 is 9.21 Å². The molecule has 1 aromatic carbocycles. The van der Waals surface area contributed by atoms with Crippen LogP contribution in [-0.4, -0.2) is 20.7 Å². The van der Waals surface area contributed by atoms with E-state index in [0.29, 0.717) is 27.3 Å². The van der Waals surface area contributed by atoms with Crippen molar-refractivity contribution in [3.8, 4) is 0 Å². The first kappa shape index (κ1) is 16.3. The Balaban J connectivity index is 1.73. The lowest BCUT2D eigenvalue weighted by Gasteiger charge is -2.07. The molecule has 4 rings (SSSR count). The summed E-state index contributed by atoms with van der Waals surface area (Å²) < 4.78 is 6.81. The van der Waals surface area contributed by atoms with E-state index in [4.69, 9.17) is 16.0 Å². The van der Waals surface area contributed by atoms with Crippen molar-refractivity contribution in [3.63, 3.8) is 0 Å². The maximum atomic E-state index is 12.3. The summed E-state index contributed by atoms with van der Waals surface area (Å²) >= 11 is 5.78. The molecular weight excluding hydrogens is 356 g/mol. The number of rotatable bonds is 3. The molecule has 0 atom stereocenters. The van der Waals surface area contributed by atoms with Gasteiger partial charge in [-0.3, -0.25) is 9.48 Å². The highest BCUT2D eigenvalue weighted by molar-refractivity contribution is 6.30. The van der Waals surface area contributed by atoms with E-state index >= 15 is 0 Å². The molecule has 3 heterocycles. The van der Waals surface area contributed by atoms with Gasteiger partial charge in [0, 0.05) is 11.6 Å². The van der Waals surface area contributed by atoms with Crippen molar-refractivity contribution >= 4 is 45.2 Å². The predicted molar refractivity (Wildman–Crippen MR) is 98.4 cm³/mol. The zero-order valence-corrected chi connectivity index (χ0v) is 14.4. The standard InChI is InChI=1S/C18H13ClN4O3/c1-10-2-4-14-12(6-10)17-13(18(25)26-14)8-21-23(17)9-16(24)22-15-5-3-11(19)7-20-15/h2-8H,9H2,1H3,(H,20,22,24). The van der Waals surface area contributed by atoms with Gasteiger partial charge in [-0.05, 0) is 31.2 Å². The Kier molecular flexibility index (Phi) is 3.93. The van der Waals surface area contributed by atoms with Gasteiger partial charge in [0.05, 0.1) is 16.7 Å². The molecule has 1 N–H and O–H groups in total. The first-order valence-electron chi connectivity index (χ1n) is 7.81. The smallest absolute Gasteiger partial charge is 0.347 e. The lowest BCUT2D eigenvalue weighted by atomic mass is 10.1. The Labute approximate surface area is 152 Å². The summed E-state index contributed by atoms with van der Waals surface area (Å²) in [4.78, 5) is 28.5. The van der Waals surface area contributed by atoms with E-state index in [1.807, 2.05) is 19.1 Å². The summed E-state index contributed by atoms with van der Waals surface area (Å²) in [5.41, 5.74) is 1.55. The van der Waals surface area contributed by atoms with Crippen LogP contribution in [0.1, 0.15) is 5.56 Å². The molecule has 130 valence electrons. The molecule has 0 fully saturated rings. The lowest BCUT2D eigenvalue weighted by molar-refractivity contribution is -0.116. The van der Waals surface area contributed by atoms with Crippen molar-refractivity contribution in [1.29, 1.82) is 0 Å². The second kappa shape index (κ2) is 6.27. The number of nitrogens with zero attached hydrogens (tertiary/aromatic N) is 3. The van der Waals surface area contributed by atoms with Gasteiger partial charge in [-0.15, -0.1) is 0 Å². The Morgan fingerprint density at radius 2 is 2.08 bits per heavy atom. The summed E-state index contributed by atoms with van der Waals surface area (Å²) in [6.07, 6.45) is 2.86. The van der Waals surface area contributed by atoms with E-state index in [0.717, 1.165) is 10.9 Å². The molecule has 3 aromatic heterocycles. The number of benzene rings is 1. The van der Waals surface area contributed by atoms with Crippen LogP contribution in [0.3, 0.4) is 0 Å². The Hall–Kier alpha value is -3.19. The molecule has 26 heavy (non-hydrogen) atoms. The second-order valence-electron chi connectivity index (χ2n) is 5.86. The quantitative estimate of drug-likeness (QED) is 0.561. The van der Waals surface area contributed by atoms with Gasteiger partial charge in [0.25, 0.3) is 0 Å². The van der Waals surface area contributed by atoms with Crippen LogP contribution in [0.4, 0.5) is 5.82 Å². The van der Waals surface area contributed by atoms with Gasteiger partial charge in [-0.1, -0.05) is 23.2 Å². The van der Waals surface area contributed by atoms with E-state index in [2.05, 4.69) is 15.4 Å². The fourth-order valence-corrected chi connectivity index (χ4v) is 2.89. The number of carbonyl (C=O) groups excluding carboxylic acids is 1. The zero-order chi connectivity index (χ0) is 18.3. The summed E-state index contributed by atoms with van der Waals surface area (Å²) in [6, 6.07) is 8.73.